The molecule has 1 saturated heterocycles. The zero-order valence-electron chi connectivity index (χ0n) is 8.57. The van der Waals surface area contributed by atoms with Gasteiger partial charge in [-0.15, -0.1) is 6.58 Å². The van der Waals surface area contributed by atoms with Crippen molar-refractivity contribution in [3.8, 4) is 0 Å². The van der Waals surface area contributed by atoms with E-state index < -0.39 is 0 Å². The first-order valence-corrected chi connectivity index (χ1v) is 5.09. The number of rotatable bonds is 2. The Labute approximate surface area is 85.4 Å². The van der Waals surface area contributed by atoms with E-state index >= 15 is 0 Å². The minimum atomic E-state index is -0.164. The minimum Gasteiger partial charge on any atom is -0.370 e. The van der Waals surface area contributed by atoms with Crippen molar-refractivity contribution >= 4 is 0 Å². The van der Waals surface area contributed by atoms with Crippen LogP contribution in [0.2, 0.25) is 0 Å². The molecule has 74 valence electrons. The SMILES string of the molecule is C=C[C@H]1CCO[C@@]1(C)c1ccccc1. The highest BCUT2D eigenvalue weighted by Crippen LogP contribution is 2.41. The lowest BCUT2D eigenvalue weighted by Gasteiger charge is -2.29. The summed E-state index contributed by atoms with van der Waals surface area (Å²) in [6.07, 6.45) is 3.09. The largest absolute Gasteiger partial charge is 0.370 e. The first-order chi connectivity index (χ1) is 6.77. The van der Waals surface area contributed by atoms with E-state index in [2.05, 4.69) is 37.8 Å². The van der Waals surface area contributed by atoms with Gasteiger partial charge in [0.2, 0.25) is 0 Å². The zero-order chi connectivity index (χ0) is 10.0. The number of hydrogen-bond donors (Lipinski definition) is 0. The molecule has 0 unspecified atom stereocenters. The Kier molecular flexibility index (Phi) is 2.42. The van der Waals surface area contributed by atoms with E-state index in [1.54, 1.807) is 0 Å². The molecule has 1 aliphatic heterocycles. The first-order valence-electron chi connectivity index (χ1n) is 5.09. The Morgan fingerprint density at radius 2 is 2.14 bits per heavy atom. The molecule has 0 spiro atoms. The van der Waals surface area contributed by atoms with Gasteiger partial charge in [0.15, 0.2) is 0 Å². The van der Waals surface area contributed by atoms with Gasteiger partial charge in [-0.2, -0.15) is 0 Å². The number of hydrogen-bond acceptors (Lipinski definition) is 1. The monoisotopic (exact) mass is 188 g/mol. The smallest absolute Gasteiger partial charge is 0.0966 e. The van der Waals surface area contributed by atoms with E-state index in [4.69, 9.17) is 4.74 Å². The van der Waals surface area contributed by atoms with Crippen LogP contribution in [0.3, 0.4) is 0 Å². The van der Waals surface area contributed by atoms with Crippen molar-refractivity contribution in [1.29, 1.82) is 0 Å². The first kappa shape index (κ1) is 9.47. The van der Waals surface area contributed by atoms with Gasteiger partial charge >= 0.3 is 0 Å². The Balaban J connectivity index is 2.36. The molecule has 0 N–H and O–H groups in total. The molecular weight excluding hydrogens is 172 g/mol. The van der Waals surface area contributed by atoms with Crippen molar-refractivity contribution in [3.63, 3.8) is 0 Å². The molecule has 1 heterocycles. The summed E-state index contributed by atoms with van der Waals surface area (Å²) in [4.78, 5) is 0. The van der Waals surface area contributed by atoms with Crippen molar-refractivity contribution in [2.75, 3.05) is 6.61 Å². The van der Waals surface area contributed by atoms with E-state index in [1.165, 1.54) is 5.56 Å². The van der Waals surface area contributed by atoms with Gasteiger partial charge in [0.05, 0.1) is 5.60 Å². The highest BCUT2D eigenvalue weighted by molar-refractivity contribution is 5.25. The van der Waals surface area contributed by atoms with Crippen LogP contribution in [0, 0.1) is 5.92 Å². The van der Waals surface area contributed by atoms with Crippen LogP contribution in [0.5, 0.6) is 0 Å². The molecule has 0 bridgehead atoms. The third kappa shape index (κ3) is 1.38. The topological polar surface area (TPSA) is 9.23 Å². The molecule has 14 heavy (non-hydrogen) atoms. The minimum absolute atomic E-state index is 0.164. The van der Waals surface area contributed by atoms with Gasteiger partial charge in [0.1, 0.15) is 0 Å². The van der Waals surface area contributed by atoms with Gasteiger partial charge in [0.25, 0.3) is 0 Å². The van der Waals surface area contributed by atoms with Crippen LogP contribution < -0.4 is 0 Å². The van der Waals surface area contributed by atoms with Gasteiger partial charge in [0, 0.05) is 12.5 Å². The van der Waals surface area contributed by atoms with Gasteiger partial charge in [-0.25, -0.2) is 0 Å². The van der Waals surface area contributed by atoms with Crippen LogP contribution in [0.25, 0.3) is 0 Å². The third-order valence-electron chi connectivity index (χ3n) is 3.17. The van der Waals surface area contributed by atoms with Crippen molar-refractivity contribution in [2.45, 2.75) is 18.9 Å². The molecule has 1 aliphatic rings. The van der Waals surface area contributed by atoms with Gasteiger partial charge in [-0.1, -0.05) is 36.4 Å². The molecule has 1 heteroatoms. The van der Waals surface area contributed by atoms with Gasteiger partial charge in [-0.3, -0.25) is 0 Å². The highest BCUT2D eigenvalue weighted by Gasteiger charge is 2.39. The lowest BCUT2D eigenvalue weighted by atomic mass is 9.83. The normalized spacial score (nSPS) is 31.6. The third-order valence-corrected chi connectivity index (χ3v) is 3.17. The summed E-state index contributed by atoms with van der Waals surface area (Å²) in [7, 11) is 0. The summed E-state index contributed by atoms with van der Waals surface area (Å²) >= 11 is 0. The Morgan fingerprint density at radius 3 is 2.79 bits per heavy atom. The van der Waals surface area contributed by atoms with E-state index in [0.717, 1.165) is 13.0 Å². The summed E-state index contributed by atoms with van der Waals surface area (Å²) in [5.74, 6) is 0.435. The summed E-state index contributed by atoms with van der Waals surface area (Å²) in [5, 5.41) is 0. The van der Waals surface area contributed by atoms with Crippen molar-refractivity contribution < 1.29 is 4.74 Å². The maximum atomic E-state index is 5.86. The molecule has 0 saturated carbocycles. The fourth-order valence-corrected chi connectivity index (χ4v) is 2.19. The highest BCUT2D eigenvalue weighted by atomic mass is 16.5. The van der Waals surface area contributed by atoms with Crippen molar-refractivity contribution in [2.24, 2.45) is 5.92 Å². The Morgan fingerprint density at radius 1 is 1.43 bits per heavy atom. The maximum Gasteiger partial charge on any atom is 0.0966 e. The summed E-state index contributed by atoms with van der Waals surface area (Å²) < 4.78 is 5.86. The van der Waals surface area contributed by atoms with E-state index in [9.17, 15) is 0 Å². The zero-order valence-corrected chi connectivity index (χ0v) is 8.57. The van der Waals surface area contributed by atoms with Crippen LogP contribution in [0.4, 0.5) is 0 Å². The summed E-state index contributed by atoms with van der Waals surface area (Å²) in [6, 6.07) is 10.4. The lowest BCUT2D eigenvalue weighted by molar-refractivity contribution is 0.000387. The molecule has 0 aliphatic carbocycles. The fraction of sp³-hybridized carbons (Fsp3) is 0.385. The molecule has 1 nitrogen and oxygen atoms in total. The molecule has 1 aromatic carbocycles. The Bertz CT molecular complexity index is 317. The molecule has 1 fully saturated rings. The second kappa shape index (κ2) is 3.58. The molecule has 0 aromatic heterocycles. The fourth-order valence-electron chi connectivity index (χ4n) is 2.19. The van der Waals surface area contributed by atoms with Crippen LogP contribution in [-0.4, -0.2) is 6.61 Å². The van der Waals surface area contributed by atoms with Crippen LogP contribution >= 0.6 is 0 Å². The average Bonchev–Trinajstić information content (AvgIpc) is 2.62. The molecule has 1 aromatic rings. The van der Waals surface area contributed by atoms with Gasteiger partial charge in [-0.05, 0) is 18.9 Å². The van der Waals surface area contributed by atoms with E-state index in [-0.39, 0.29) is 5.60 Å². The standard InChI is InChI=1S/C13H16O/c1-3-11-9-10-14-13(11,2)12-7-5-4-6-8-12/h3-8,11H,1,9-10H2,2H3/t11-,13+/m0/s1. The summed E-state index contributed by atoms with van der Waals surface area (Å²) in [6.45, 7) is 6.87. The van der Waals surface area contributed by atoms with Gasteiger partial charge < -0.3 is 4.74 Å². The quantitative estimate of drug-likeness (QED) is 0.648. The van der Waals surface area contributed by atoms with Crippen molar-refractivity contribution in [1.82, 2.24) is 0 Å². The molecule has 0 radical (unpaired) electrons. The molecule has 0 amide bonds. The molecule has 2 atom stereocenters. The summed E-state index contributed by atoms with van der Waals surface area (Å²) in [5.41, 5.74) is 1.09. The second-order valence-electron chi connectivity index (χ2n) is 3.95. The predicted molar refractivity (Wildman–Crippen MR) is 58.1 cm³/mol. The van der Waals surface area contributed by atoms with Crippen LogP contribution in [0.1, 0.15) is 18.9 Å². The average molecular weight is 188 g/mol. The van der Waals surface area contributed by atoms with E-state index in [0.29, 0.717) is 5.92 Å². The van der Waals surface area contributed by atoms with Crippen LogP contribution in [-0.2, 0) is 10.3 Å². The molecular formula is C13H16O. The number of ether oxygens (including phenoxy) is 1. The number of benzene rings is 1. The molecule has 2 rings (SSSR count). The second-order valence-corrected chi connectivity index (χ2v) is 3.95. The Hall–Kier alpha value is -1.08. The predicted octanol–water partition coefficient (Wildman–Crippen LogP) is 3.12. The maximum absolute atomic E-state index is 5.86. The lowest BCUT2D eigenvalue weighted by Crippen LogP contribution is -2.27. The van der Waals surface area contributed by atoms with E-state index in [1.807, 2.05) is 12.1 Å². The van der Waals surface area contributed by atoms with Crippen LogP contribution in [0.15, 0.2) is 43.0 Å². The van der Waals surface area contributed by atoms with Crippen molar-refractivity contribution in [3.05, 3.63) is 48.6 Å².